The molecule has 3 N–H and O–H groups in total. The Balaban J connectivity index is 1.23. The number of amides is 2. The van der Waals surface area contributed by atoms with Crippen LogP contribution in [-0.2, 0) is 16.1 Å². The number of hydrogen-bond acceptors (Lipinski definition) is 6. The Hall–Kier alpha value is -4.31. The number of anilines is 2. The molecular weight excluding hydrogens is 570 g/mol. The number of piperidine rings is 1. The average molecular weight is 596 g/mol. The molecule has 10 heteroatoms. The van der Waals surface area contributed by atoms with Crippen LogP contribution in [0.4, 0.5) is 11.6 Å². The highest BCUT2D eigenvalue weighted by Crippen LogP contribution is 2.48. The van der Waals surface area contributed by atoms with Gasteiger partial charge < -0.3 is 20.5 Å². The van der Waals surface area contributed by atoms with E-state index >= 15 is 0 Å². The summed E-state index contributed by atoms with van der Waals surface area (Å²) >= 11 is 3.34. The Morgan fingerprint density at radius 1 is 1.05 bits per heavy atom. The van der Waals surface area contributed by atoms with Gasteiger partial charge in [0.25, 0.3) is 0 Å². The van der Waals surface area contributed by atoms with Crippen LogP contribution in [0.1, 0.15) is 18.4 Å². The molecule has 1 saturated heterocycles. The van der Waals surface area contributed by atoms with Gasteiger partial charge in [-0.05, 0) is 77.0 Å². The highest BCUT2D eigenvalue weighted by atomic mass is 79.9. The largest absolute Gasteiger partial charge is 0.383 e. The highest BCUT2D eigenvalue weighted by molar-refractivity contribution is 9.10. The van der Waals surface area contributed by atoms with E-state index in [1.807, 2.05) is 22.8 Å². The molecule has 3 aromatic heterocycles. The summed E-state index contributed by atoms with van der Waals surface area (Å²) in [5.41, 5.74) is 11.1. The molecule has 2 fully saturated rings. The van der Waals surface area contributed by atoms with Crippen LogP contribution in [0.15, 0.2) is 71.6 Å². The number of pyridine rings is 1. The van der Waals surface area contributed by atoms with E-state index < -0.39 is 6.04 Å². The first-order chi connectivity index (χ1) is 19.4. The van der Waals surface area contributed by atoms with E-state index in [1.165, 1.54) is 11.9 Å². The summed E-state index contributed by atoms with van der Waals surface area (Å²) in [5, 5.41) is 4.50. The second-order valence-electron chi connectivity index (χ2n) is 10.6. The van der Waals surface area contributed by atoms with E-state index in [9.17, 15) is 9.59 Å². The summed E-state index contributed by atoms with van der Waals surface area (Å²) in [7, 11) is 0. The van der Waals surface area contributed by atoms with Crippen LogP contribution in [-0.4, -0.2) is 48.3 Å². The summed E-state index contributed by atoms with van der Waals surface area (Å²) in [6, 6.07) is 19.3. The molecule has 2 amide bonds. The number of nitrogen functional groups attached to an aromatic ring is 1. The van der Waals surface area contributed by atoms with E-state index in [0.29, 0.717) is 34.2 Å². The lowest BCUT2D eigenvalue weighted by molar-refractivity contribution is -0.138. The third-order valence-corrected chi connectivity index (χ3v) is 8.42. The average Bonchev–Trinajstić information content (AvgIpc) is 3.48. The number of benzene rings is 2. The molecule has 2 aliphatic rings. The van der Waals surface area contributed by atoms with Gasteiger partial charge in [0.05, 0.1) is 10.9 Å². The Labute approximate surface area is 238 Å². The number of halogens is 1. The molecule has 1 aliphatic heterocycles. The van der Waals surface area contributed by atoms with Crippen LogP contribution in [0, 0.1) is 12.8 Å². The van der Waals surface area contributed by atoms with Crippen LogP contribution < -0.4 is 11.1 Å². The van der Waals surface area contributed by atoms with Gasteiger partial charge >= 0.3 is 0 Å². The number of rotatable bonds is 5. The molecular formula is C30H26BrN7O2. The monoisotopic (exact) mass is 595 g/mol. The third kappa shape index (κ3) is 4.19. The fourth-order valence-corrected chi connectivity index (χ4v) is 6.40. The summed E-state index contributed by atoms with van der Waals surface area (Å²) < 4.78 is 2.52. The van der Waals surface area contributed by atoms with Crippen molar-refractivity contribution >= 4 is 61.3 Å². The van der Waals surface area contributed by atoms with Gasteiger partial charge in [-0.15, -0.1) is 0 Å². The first kappa shape index (κ1) is 24.7. The number of hydrogen-bond donors (Lipinski definition) is 2. The van der Waals surface area contributed by atoms with Gasteiger partial charge in [0.15, 0.2) is 0 Å². The molecule has 0 bridgehead atoms. The predicted molar refractivity (Wildman–Crippen MR) is 157 cm³/mol. The van der Waals surface area contributed by atoms with Crippen LogP contribution in [0.3, 0.4) is 0 Å². The van der Waals surface area contributed by atoms with E-state index in [0.717, 1.165) is 33.8 Å². The van der Waals surface area contributed by atoms with Crippen molar-refractivity contribution in [2.75, 3.05) is 11.1 Å². The molecule has 0 spiro atoms. The second-order valence-corrected chi connectivity index (χ2v) is 11.4. The maximum absolute atomic E-state index is 13.9. The minimum absolute atomic E-state index is 0.0440. The van der Waals surface area contributed by atoms with Gasteiger partial charge in [0.1, 0.15) is 40.8 Å². The van der Waals surface area contributed by atoms with Crippen molar-refractivity contribution in [3.63, 3.8) is 0 Å². The maximum Gasteiger partial charge on any atom is 0.248 e. The Morgan fingerprint density at radius 3 is 2.70 bits per heavy atom. The van der Waals surface area contributed by atoms with Crippen molar-refractivity contribution < 1.29 is 9.59 Å². The maximum atomic E-state index is 13.9. The molecule has 40 heavy (non-hydrogen) atoms. The lowest BCUT2D eigenvalue weighted by atomic mass is 10.0. The van der Waals surface area contributed by atoms with Crippen LogP contribution in [0.5, 0.6) is 0 Å². The fourth-order valence-electron chi connectivity index (χ4n) is 6.06. The SMILES string of the molecule is Cc1cccc(-c2ccc3c(c2)c2c(N)ncnc2n3CC(=O)N2[C@@H]3C[C@@H]3C[C@H]2C(=O)Nc2cccc(Br)n2)c1. The number of nitrogens with one attached hydrogen (secondary N) is 1. The number of carbonyl (C=O) groups excluding carboxylic acids is 2. The molecule has 7 rings (SSSR count). The van der Waals surface area contributed by atoms with Crippen molar-refractivity contribution in [3.8, 4) is 11.1 Å². The molecule has 3 atom stereocenters. The molecule has 0 unspecified atom stereocenters. The van der Waals surface area contributed by atoms with Gasteiger partial charge in [0.2, 0.25) is 11.8 Å². The van der Waals surface area contributed by atoms with Gasteiger partial charge in [0, 0.05) is 11.4 Å². The Kier molecular flexibility index (Phi) is 5.81. The van der Waals surface area contributed by atoms with Gasteiger partial charge in [-0.25, -0.2) is 15.0 Å². The molecule has 1 aliphatic carbocycles. The van der Waals surface area contributed by atoms with Crippen LogP contribution >= 0.6 is 15.9 Å². The fraction of sp³-hybridized carbons (Fsp3) is 0.233. The second kappa shape index (κ2) is 9.41. The molecule has 4 heterocycles. The zero-order valence-corrected chi connectivity index (χ0v) is 23.3. The van der Waals surface area contributed by atoms with Gasteiger partial charge in [-0.3, -0.25) is 9.59 Å². The zero-order chi connectivity index (χ0) is 27.5. The van der Waals surface area contributed by atoms with Crippen molar-refractivity contribution in [2.24, 2.45) is 5.92 Å². The Morgan fingerprint density at radius 2 is 1.88 bits per heavy atom. The van der Waals surface area contributed by atoms with Crippen molar-refractivity contribution in [1.29, 1.82) is 0 Å². The number of likely N-dealkylation sites (tertiary alicyclic amines) is 1. The number of aromatic nitrogens is 4. The lowest BCUT2D eigenvalue weighted by Gasteiger charge is -2.27. The molecule has 0 radical (unpaired) electrons. The molecule has 5 aromatic rings. The molecule has 9 nitrogen and oxygen atoms in total. The minimum atomic E-state index is -0.544. The van der Waals surface area contributed by atoms with E-state index in [1.54, 1.807) is 17.0 Å². The van der Waals surface area contributed by atoms with Crippen LogP contribution in [0.25, 0.3) is 33.1 Å². The lowest BCUT2D eigenvalue weighted by Crippen LogP contribution is -2.46. The predicted octanol–water partition coefficient (Wildman–Crippen LogP) is 4.93. The number of carbonyl (C=O) groups is 2. The normalized spacial score (nSPS) is 19.6. The van der Waals surface area contributed by atoms with Crippen molar-refractivity contribution in [1.82, 2.24) is 24.4 Å². The molecule has 200 valence electrons. The zero-order valence-electron chi connectivity index (χ0n) is 21.7. The van der Waals surface area contributed by atoms with E-state index in [-0.39, 0.29) is 24.4 Å². The summed E-state index contributed by atoms with van der Waals surface area (Å²) in [5.74, 6) is 0.827. The number of nitrogens with two attached hydrogens (primary N) is 1. The first-order valence-electron chi connectivity index (χ1n) is 13.2. The number of fused-ring (bicyclic) bond motifs is 4. The van der Waals surface area contributed by atoms with E-state index in [4.69, 9.17) is 5.73 Å². The van der Waals surface area contributed by atoms with Gasteiger partial charge in [-0.1, -0.05) is 42.0 Å². The number of nitrogens with zero attached hydrogens (tertiary/aromatic N) is 5. The standard InChI is InChI=1S/C30H26BrN7O2/c1-16-4-2-5-17(10-16)18-8-9-21-20(11-18)27-28(32)33-15-34-29(27)37(21)14-26(39)38-22-12-19(22)13-23(38)30(40)36-25-7-3-6-24(31)35-25/h2-11,15,19,22-23H,12-14H2,1H3,(H2,32,33,34)(H,35,36,40)/t19-,22-,23+/m1/s1. The summed E-state index contributed by atoms with van der Waals surface area (Å²) in [6.45, 7) is 2.11. The van der Waals surface area contributed by atoms with Crippen molar-refractivity contribution in [2.45, 2.75) is 38.4 Å². The minimum Gasteiger partial charge on any atom is -0.383 e. The Bertz CT molecular complexity index is 1830. The molecule has 2 aromatic carbocycles. The third-order valence-electron chi connectivity index (χ3n) is 7.98. The topological polar surface area (TPSA) is 119 Å². The van der Waals surface area contributed by atoms with E-state index in [2.05, 4.69) is 73.5 Å². The molecule has 1 saturated carbocycles. The highest BCUT2D eigenvalue weighted by Gasteiger charge is 2.56. The van der Waals surface area contributed by atoms with Crippen LogP contribution in [0.2, 0.25) is 0 Å². The smallest absolute Gasteiger partial charge is 0.248 e. The first-order valence-corrected chi connectivity index (χ1v) is 14.0. The number of aryl methyl sites for hydroxylation is 1. The van der Waals surface area contributed by atoms with Gasteiger partial charge in [-0.2, -0.15) is 0 Å². The summed E-state index contributed by atoms with van der Waals surface area (Å²) in [6.07, 6.45) is 3.00. The quantitative estimate of drug-likeness (QED) is 0.278. The summed E-state index contributed by atoms with van der Waals surface area (Å²) in [4.78, 5) is 42.0. The van der Waals surface area contributed by atoms with Crippen molar-refractivity contribution in [3.05, 3.63) is 77.2 Å².